The van der Waals surface area contributed by atoms with E-state index in [9.17, 15) is 18.0 Å². The number of amides is 1. The highest BCUT2D eigenvalue weighted by molar-refractivity contribution is 6.03. The predicted molar refractivity (Wildman–Crippen MR) is 65.8 cm³/mol. The molecule has 1 amide bonds. The average molecular weight is 268 g/mol. The Morgan fingerprint density at radius 2 is 2.11 bits per heavy atom. The molecule has 0 saturated carbocycles. The molecule has 0 aliphatic carbocycles. The summed E-state index contributed by atoms with van der Waals surface area (Å²) in [6, 6.07) is 3.03. The van der Waals surface area contributed by atoms with Gasteiger partial charge in [-0.15, -0.1) is 0 Å². The van der Waals surface area contributed by atoms with Crippen LogP contribution >= 0.6 is 0 Å². The van der Waals surface area contributed by atoms with Gasteiger partial charge in [-0.25, -0.2) is 4.85 Å². The average Bonchev–Trinajstić information content (AvgIpc) is 2.36. The summed E-state index contributed by atoms with van der Waals surface area (Å²) < 4.78 is 38.1. The second kappa shape index (κ2) is 5.57. The van der Waals surface area contributed by atoms with Crippen molar-refractivity contribution in [3.05, 3.63) is 47.3 Å². The van der Waals surface area contributed by atoms with E-state index < -0.39 is 23.3 Å². The summed E-state index contributed by atoms with van der Waals surface area (Å²) in [7, 11) is 0. The molecule has 0 fully saturated rings. The maximum atomic E-state index is 12.7. The topological polar surface area (TPSA) is 33.5 Å². The Kier molecular flexibility index (Phi) is 4.33. The quantitative estimate of drug-likeness (QED) is 0.648. The van der Waals surface area contributed by atoms with Crippen LogP contribution in [0.3, 0.4) is 0 Å². The number of nitrogens with one attached hydrogen (secondary N) is 1. The first-order chi connectivity index (χ1) is 8.79. The molecule has 0 radical (unpaired) electrons. The van der Waals surface area contributed by atoms with Gasteiger partial charge in [0.05, 0.1) is 12.1 Å². The SMILES string of the molecule is [C-]#[N+]c1ccc(NC(=O)C(=C)CC)cc1C(F)(F)F. The zero-order chi connectivity index (χ0) is 14.6. The second-order valence-corrected chi connectivity index (χ2v) is 3.75. The van der Waals surface area contributed by atoms with Crippen molar-refractivity contribution in [2.75, 3.05) is 5.32 Å². The Morgan fingerprint density at radius 1 is 1.47 bits per heavy atom. The van der Waals surface area contributed by atoms with Gasteiger partial charge in [0, 0.05) is 11.3 Å². The van der Waals surface area contributed by atoms with E-state index in [0.29, 0.717) is 6.42 Å². The summed E-state index contributed by atoms with van der Waals surface area (Å²) >= 11 is 0. The van der Waals surface area contributed by atoms with Crippen LogP contribution in [0.4, 0.5) is 24.5 Å². The molecule has 1 aromatic rings. The molecule has 0 heterocycles. The van der Waals surface area contributed by atoms with Crippen LogP contribution in [-0.4, -0.2) is 5.91 Å². The Balaban J connectivity index is 3.10. The molecular weight excluding hydrogens is 257 g/mol. The third-order valence-corrected chi connectivity index (χ3v) is 2.43. The molecular formula is C13H11F3N2O. The fourth-order valence-electron chi connectivity index (χ4n) is 1.32. The number of alkyl halides is 3. The van der Waals surface area contributed by atoms with Crippen LogP contribution in [0.2, 0.25) is 0 Å². The molecule has 19 heavy (non-hydrogen) atoms. The maximum Gasteiger partial charge on any atom is 0.407 e. The summed E-state index contributed by atoms with van der Waals surface area (Å²) in [4.78, 5) is 14.3. The van der Waals surface area contributed by atoms with Crippen molar-refractivity contribution in [3.8, 4) is 0 Å². The number of carbonyl (C=O) groups excluding carboxylic acids is 1. The Bertz CT molecular complexity index is 556. The fraction of sp³-hybridized carbons (Fsp3) is 0.231. The molecule has 6 heteroatoms. The lowest BCUT2D eigenvalue weighted by molar-refractivity contribution is -0.136. The Labute approximate surface area is 108 Å². The summed E-state index contributed by atoms with van der Waals surface area (Å²) in [6.45, 7) is 11.9. The first-order valence-corrected chi connectivity index (χ1v) is 5.37. The van der Waals surface area contributed by atoms with Crippen LogP contribution in [0, 0.1) is 6.57 Å². The molecule has 0 saturated heterocycles. The number of halogens is 3. The molecule has 0 aromatic heterocycles. The van der Waals surface area contributed by atoms with Crippen LogP contribution in [0.25, 0.3) is 4.85 Å². The van der Waals surface area contributed by atoms with Gasteiger partial charge in [0.1, 0.15) is 0 Å². The number of anilines is 1. The normalized spacial score (nSPS) is 10.7. The Morgan fingerprint density at radius 3 is 2.58 bits per heavy atom. The molecule has 0 bridgehead atoms. The number of nitrogens with zero attached hydrogens (tertiary/aromatic N) is 1. The van der Waals surface area contributed by atoms with Crippen LogP contribution in [-0.2, 0) is 11.0 Å². The van der Waals surface area contributed by atoms with Crippen molar-refractivity contribution in [1.29, 1.82) is 0 Å². The minimum absolute atomic E-state index is 0.0145. The highest BCUT2D eigenvalue weighted by atomic mass is 19.4. The molecule has 1 rings (SSSR count). The van der Waals surface area contributed by atoms with Crippen molar-refractivity contribution in [3.63, 3.8) is 0 Å². The maximum absolute atomic E-state index is 12.7. The van der Waals surface area contributed by atoms with Crippen molar-refractivity contribution in [2.24, 2.45) is 0 Å². The summed E-state index contributed by atoms with van der Waals surface area (Å²) in [5, 5.41) is 2.32. The first-order valence-electron chi connectivity index (χ1n) is 5.37. The summed E-state index contributed by atoms with van der Waals surface area (Å²) in [5.74, 6) is -0.536. The van der Waals surface area contributed by atoms with E-state index >= 15 is 0 Å². The van der Waals surface area contributed by atoms with E-state index in [0.717, 1.165) is 12.1 Å². The smallest absolute Gasteiger partial charge is 0.322 e. The summed E-state index contributed by atoms with van der Waals surface area (Å²) in [6.07, 6.45) is -4.24. The van der Waals surface area contributed by atoms with Crippen molar-refractivity contribution >= 4 is 17.3 Å². The van der Waals surface area contributed by atoms with Gasteiger partial charge in [0.2, 0.25) is 0 Å². The predicted octanol–water partition coefficient (Wildman–Crippen LogP) is 4.16. The third-order valence-electron chi connectivity index (χ3n) is 2.43. The molecule has 100 valence electrons. The van der Waals surface area contributed by atoms with E-state index in [1.807, 2.05) is 0 Å². The number of rotatable bonds is 3. The van der Waals surface area contributed by atoms with Gasteiger partial charge in [-0.05, 0) is 18.6 Å². The standard InChI is InChI=1S/C13H11F3N2O/c1-4-8(2)12(19)18-9-5-6-11(17-3)10(7-9)13(14,15)16/h5-7H,2,4H2,1H3,(H,18,19). The molecule has 0 spiro atoms. The summed E-state index contributed by atoms with van der Waals surface area (Å²) in [5.41, 5.74) is -1.32. The lowest BCUT2D eigenvalue weighted by Crippen LogP contribution is -2.14. The molecule has 0 aliphatic rings. The molecule has 1 N–H and O–H groups in total. The van der Waals surface area contributed by atoms with Crippen molar-refractivity contribution in [1.82, 2.24) is 0 Å². The highest BCUT2D eigenvalue weighted by Gasteiger charge is 2.33. The number of benzene rings is 1. The van der Waals surface area contributed by atoms with Crippen LogP contribution < -0.4 is 5.32 Å². The molecule has 0 unspecified atom stereocenters. The third kappa shape index (κ3) is 3.58. The van der Waals surface area contributed by atoms with E-state index in [2.05, 4.69) is 16.7 Å². The highest BCUT2D eigenvalue weighted by Crippen LogP contribution is 2.38. The van der Waals surface area contributed by atoms with Gasteiger partial charge >= 0.3 is 6.18 Å². The zero-order valence-electron chi connectivity index (χ0n) is 10.1. The van der Waals surface area contributed by atoms with Gasteiger partial charge < -0.3 is 5.32 Å². The van der Waals surface area contributed by atoms with Gasteiger partial charge in [-0.3, -0.25) is 4.79 Å². The Hall–Kier alpha value is -2.29. The van der Waals surface area contributed by atoms with Gasteiger partial charge in [-0.2, -0.15) is 13.2 Å². The van der Waals surface area contributed by atoms with Crippen LogP contribution in [0.15, 0.2) is 30.4 Å². The number of hydrogen-bond donors (Lipinski definition) is 1. The lowest BCUT2D eigenvalue weighted by Gasteiger charge is -2.12. The fourth-order valence-corrected chi connectivity index (χ4v) is 1.32. The largest absolute Gasteiger partial charge is 0.407 e. The van der Waals surface area contributed by atoms with Gasteiger partial charge in [0.15, 0.2) is 5.69 Å². The molecule has 1 aromatic carbocycles. The minimum Gasteiger partial charge on any atom is -0.322 e. The van der Waals surface area contributed by atoms with Crippen molar-refractivity contribution in [2.45, 2.75) is 19.5 Å². The lowest BCUT2D eigenvalue weighted by atomic mass is 10.1. The number of carbonyl (C=O) groups is 1. The molecule has 0 aliphatic heterocycles. The zero-order valence-corrected chi connectivity index (χ0v) is 10.1. The van der Waals surface area contributed by atoms with E-state index in [1.54, 1.807) is 6.92 Å². The molecule has 3 nitrogen and oxygen atoms in total. The van der Waals surface area contributed by atoms with Crippen LogP contribution in [0.1, 0.15) is 18.9 Å². The molecule has 0 atom stereocenters. The van der Waals surface area contributed by atoms with E-state index in [4.69, 9.17) is 6.57 Å². The van der Waals surface area contributed by atoms with Gasteiger partial charge in [-0.1, -0.05) is 19.6 Å². The monoisotopic (exact) mass is 268 g/mol. The van der Waals surface area contributed by atoms with E-state index in [-0.39, 0.29) is 11.3 Å². The number of hydrogen-bond acceptors (Lipinski definition) is 1. The van der Waals surface area contributed by atoms with Gasteiger partial charge in [0.25, 0.3) is 5.91 Å². The van der Waals surface area contributed by atoms with E-state index in [1.165, 1.54) is 6.07 Å². The van der Waals surface area contributed by atoms with Crippen LogP contribution in [0.5, 0.6) is 0 Å². The minimum atomic E-state index is -4.64. The second-order valence-electron chi connectivity index (χ2n) is 3.75. The first kappa shape index (κ1) is 14.8. The van der Waals surface area contributed by atoms with Crippen molar-refractivity contribution < 1.29 is 18.0 Å².